The number of anilines is 3. The van der Waals surface area contributed by atoms with E-state index < -0.39 is 10.0 Å². The van der Waals surface area contributed by atoms with Crippen LogP contribution in [0.4, 0.5) is 17.1 Å². The first-order chi connectivity index (χ1) is 17.1. The molecule has 4 aromatic rings. The second kappa shape index (κ2) is 10.2. The van der Waals surface area contributed by atoms with Gasteiger partial charge in [-0.2, -0.15) is 0 Å². The van der Waals surface area contributed by atoms with Gasteiger partial charge in [0, 0.05) is 17.8 Å². The molecule has 0 radical (unpaired) electrons. The van der Waals surface area contributed by atoms with Crippen LogP contribution in [-0.2, 0) is 17.1 Å². The summed E-state index contributed by atoms with van der Waals surface area (Å²) >= 11 is 11.4. The van der Waals surface area contributed by atoms with Crippen LogP contribution >= 0.6 is 23.8 Å². The maximum absolute atomic E-state index is 13.2. The van der Waals surface area contributed by atoms with Gasteiger partial charge >= 0.3 is 0 Å². The Bertz CT molecular complexity index is 1600. The largest absolute Gasteiger partial charge is 0.331 e. The number of thiocarbonyl (C=S) groups is 1. The summed E-state index contributed by atoms with van der Waals surface area (Å²) in [6.45, 7) is 3.59. The molecule has 8 nitrogen and oxygen atoms in total. The smallest absolute Gasteiger partial charge is 0.295 e. The number of rotatable bonds is 6. The van der Waals surface area contributed by atoms with Crippen molar-refractivity contribution >= 4 is 56.0 Å². The number of para-hydroxylation sites is 1. The zero-order valence-corrected chi connectivity index (χ0v) is 22.1. The fourth-order valence-electron chi connectivity index (χ4n) is 3.66. The molecule has 0 aliphatic carbocycles. The van der Waals surface area contributed by atoms with Crippen LogP contribution in [0.1, 0.15) is 11.3 Å². The topological polar surface area (TPSA) is 97.2 Å². The summed E-state index contributed by atoms with van der Waals surface area (Å²) in [5, 5.41) is 6.45. The molecule has 3 N–H and O–H groups in total. The summed E-state index contributed by atoms with van der Waals surface area (Å²) in [5.74, 6) is 0. The van der Waals surface area contributed by atoms with E-state index in [1.165, 1.54) is 4.68 Å². The molecule has 4 rings (SSSR count). The van der Waals surface area contributed by atoms with Crippen LogP contribution in [0.25, 0.3) is 5.69 Å². The van der Waals surface area contributed by atoms with E-state index in [4.69, 9.17) is 23.8 Å². The number of sulfonamides is 1. The number of hydrogen-bond acceptors (Lipinski definition) is 4. The van der Waals surface area contributed by atoms with Crippen LogP contribution in [0, 0.1) is 13.8 Å². The Morgan fingerprint density at radius 2 is 1.61 bits per heavy atom. The first-order valence-corrected chi connectivity index (χ1v) is 13.1. The minimum Gasteiger partial charge on any atom is -0.331 e. The molecule has 0 saturated heterocycles. The summed E-state index contributed by atoms with van der Waals surface area (Å²) in [6, 6.07) is 20.5. The highest BCUT2D eigenvalue weighted by molar-refractivity contribution is 7.93. The number of nitrogens with one attached hydrogen (secondary N) is 3. The van der Waals surface area contributed by atoms with Crippen molar-refractivity contribution in [1.29, 1.82) is 0 Å². The third-order valence-electron chi connectivity index (χ3n) is 5.56. The number of benzene rings is 3. The second-order valence-electron chi connectivity index (χ2n) is 8.13. The first-order valence-electron chi connectivity index (χ1n) is 10.9. The van der Waals surface area contributed by atoms with Crippen LogP contribution in [0.2, 0.25) is 5.02 Å². The quantitative estimate of drug-likeness (QED) is 0.295. The van der Waals surface area contributed by atoms with Crippen molar-refractivity contribution in [3.05, 3.63) is 99.4 Å². The molecule has 3 aromatic carbocycles. The molecule has 0 saturated carbocycles. The van der Waals surface area contributed by atoms with Gasteiger partial charge in [-0.05, 0) is 80.2 Å². The Morgan fingerprint density at radius 3 is 2.28 bits per heavy atom. The van der Waals surface area contributed by atoms with Gasteiger partial charge in [0.05, 0.1) is 17.1 Å². The minimum atomic E-state index is -3.97. The van der Waals surface area contributed by atoms with E-state index in [2.05, 4.69) is 15.4 Å². The average Bonchev–Trinajstić information content (AvgIpc) is 3.05. The van der Waals surface area contributed by atoms with Crippen LogP contribution < -0.4 is 20.9 Å². The lowest BCUT2D eigenvalue weighted by Gasteiger charge is -2.16. The van der Waals surface area contributed by atoms with E-state index in [-0.39, 0.29) is 26.9 Å². The van der Waals surface area contributed by atoms with Gasteiger partial charge in [0.2, 0.25) is 0 Å². The van der Waals surface area contributed by atoms with E-state index >= 15 is 0 Å². The molecule has 186 valence electrons. The number of aryl methyl sites for hydroxylation is 1. The SMILES string of the molecule is Cc1ccc(NC(=S)Nc2c(C)n(C)n(-c3ccccc3)c2=O)c(S(=O)(=O)Nc2ccc(Cl)cc2)c1. The number of hydrogen-bond donors (Lipinski definition) is 3. The minimum absolute atomic E-state index is 0.00748. The van der Waals surface area contributed by atoms with Crippen LogP contribution in [0.5, 0.6) is 0 Å². The van der Waals surface area contributed by atoms with Crippen LogP contribution in [-0.4, -0.2) is 22.9 Å². The molecule has 1 heterocycles. The van der Waals surface area contributed by atoms with Crippen molar-refractivity contribution in [1.82, 2.24) is 9.36 Å². The van der Waals surface area contributed by atoms with Crippen molar-refractivity contribution < 1.29 is 8.42 Å². The van der Waals surface area contributed by atoms with E-state index in [0.29, 0.717) is 22.1 Å². The molecule has 0 spiro atoms. The zero-order valence-electron chi connectivity index (χ0n) is 19.7. The van der Waals surface area contributed by atoms with Crippen molar-refractivity contribution in [2.24, 2.45) is 7.05 Å². The maximum atomic E-state index is 13.2. The first kappa shape index (κ1) is 25.5. The highest BCUT2D eigenvalue weighted by atomic mass is 35.5. The molecule has 1 aromatic heterocycles. The highest BCUT2D eigenvalue weighted by Crippen LogP contribution is 2.26. The van der Waals surface area contributed by atoms with E-state index in [1.807, 2.05) is 30.3 Å². The van der Waals surface area contributed by atoms with Gasteiger partial charge < -0.3 is 10.6 Å². The van der Waals surface area contributed by atoms with Gasteiger partial charge in [0.15, 0.2) is 5.11 Å². The molecule has 0 unspecified atom stereocenters. The van der Waals surface area contributed by atoms with Gasteiger partial charge in [0.1, 0.15) is 10.6 Å². The molecule has 36 heavy (non-hydrogen) atoms. The number of aromatic nitrogens is 2. The Hall–Kier alpha value is -3.60. The van der Waals surface area contributed by atoms with Gasteiger partial charge in [-0.25, -0.2) is 13.1 Å². The lowest BCUT2D eigenvalue weighted by molar-refractivity contribution is 0.601. The predicted molar refractivity (Wildman–Crippen MR) is 149 cm³/mol. The fraction of sp³-hybridized carbons (Fsp3) is 0.120. The number of nitrogens with zero attached hydrogens (tertiary/aromatic N) is 2. The maximum Gasteiger partial charge on any atom is 0.295 e. The normalized spacial score (nSPS) is 11.2. The molecule has 0 fully saturated rings. The molecular weight excluding hydrogens is 518 g/mol. The summed E-state index contributed by atoms with van der Waals surface area (Å²) < 4.78 is 32.2. The summed E-state index contributed by atoms with van der Waals surface area (Å²) in [4.78, 5) is 13.2. The fourth-order valence-corrected chi connectivity index (χ4v) is 5.31. The molecule has 0 amide bonds. The zero-order chi connectivity index (χ0) is 26.0. The Kier molecular flexibility index (Phi) is 7.21. The van der Waals surface area contributed by atoms with Crippen molar-refractivity contribution in [3.8, 4) is 5.69 Å². The van der Waals surface area contributed by atoms with E-state index in [1.54, 1.807) is 68.0 Å². The third-order valence-corrected chi connectivity index (χ3v) is 7.44. The summed E-state index contributed by atoms with van der Waals surface area (Å²) in [7, 11) is -2.19. The third kappa shape index (κ3) is 5.30. The van der Waals surface area contributed by atoms with Gasteiger partial charge in [-0.1, -0.05) is 35.9 Å². The van der Waals surface area contributed by atoms with Gasteiger partial charge in [-0.15, -0.1) is 0 Å². The standard InChI is InChI=1S/C25H24ClN5O3S2/c1-16-9-14-21(22(15-16)36(33,34)29-19-12-10-18(26)11-13-19)27-25(35)28-23-17(2)30(3)31(24(23)32)20-7-5-4-6-8-20/h4-15,29H,1-3H3,(H2,27,28,35). The Labute approximate surface area is 219 Å². The average molecular weight is 542 g/mol. The molecule has 11 heteroatoms. The second-order valence-corrected chi connectivity index (χ2v) is 10.6. The molecule has 0 atom stereocenters. The van der Waals surface area contributed by atoms with Gasteiger partial charge in [-0.3, -0.25) is 14.2 Å². The molecule has 0 aliphatic rings. The van der Waals surface area contributed by atoms with Gasteiger partial charge in [0.25, 0.3) is 15.6 Å². The lowest BCUT2D eigenvalue weighted by atomic mass is 10.2. The monoisotopic (exact) mass is 541 g/mol. The Morgan fingerprint density at radius 1 is 0.944 bits per heavy atom. The Balaban J connectivity index is 1.62. The molecular formula is C25H24ClN5O3S2. The van der Waals surface area contributed by atoms with Crippen molar-refractivity contribution in [3.63, 3.8) is 0 Å². The van der Waals surface area contributed by atoms with E-state index in [9.17, 15) is 13.2 Å². The lowest BCUT2D eigenvalue weighted by Crippen LogP contribution is -2.26. The van der Waals surface area contributed by atoms with Crippen molar-refractivity contribution in [2.75, 3.05) is 15.4 Å². The van der Waals surface area contributed by atoms with E-state index in [0.717, 1.165) is 5.56 Å². The summed E-state index contributed by atoms with van der Waals surface area (Å²) in [5.41, 5.74) is 2.75. The van der Waals surface area contributed by atoms with Crippen LogP contribution in [0.3, 0.4) is 0 Å². The number of halogens is 1. The summed E-state index contributed by atoms with van der Waals surface area (Å²) in [6.07, 6.45) is 0. The predicted octanol–water partition coefficient (Wildman–Crippen LogP) is 5.06. The highest BCUT2D eigenvalue weighted by Gasteiger charge is 2.21. The molecule has 0 bridgehead atoms. The van der Waals surface area contributed by atoms with Crippen LogP contribution in [0.15, 0.2) is 82.5 Å². The van der Waals surface area contributed by atoms with Crippen molar-refractivity contribution in [2.45, 2.75) is 18.7 Å². The molecule has 0 aliphatic heterocycles.